The molecule has 0 saturated carbocycles. The largest absolute Gasteiger partial charge is 0.494 e. The van der Waals surface area contributed by atoms with Crippen molar-refractivity contribution in [3.8, 4) is 5.75 Å². The Hall–Kier alpha value is -4.63. The Morgan fingerprint density at radius 3 is 1.89 bits per heavy atom. The second kappa shape index (κ2) is 15.9. The first-order chi connectivity index (χ1) is 21.7. The molecule has 0 heterocycles. The maximum atomic E-state index is 14.4. The number of hydrogen-bond donors (Lipinski definition) is 1. The van der Waals surface area contributed by atoms with E-state index < -0.39 is 28.5 Å². The normalized spacial score (nSPS) is 11.9. The van der Waals surface area contributed by atoms with Gasteiger partial charge in [0.2, 0.25) is 11.8 Å². The lowest BCUT2D eigenvalue weighted by Gasteiger charge is -2.34. The first kappa shape index (κ1) is 33.3. The van der Waals surface area contributed by atoms with Crippen LogP contribution in [-0.4, -0.2) is 50.9 Å². The third kappa shape index (κ3) is 9.18. The van der Waals surface area contributed by atoms with Crippen LogP contribution in [0.5, 0.6) is 5.75 Å². The third-order valence-corrected chi connectivity index (χ3v) is 8.99. The van der Waals surface area contributed by atoms with E-state index in [2.05, 4.69) is 5.32 Å². The van der Waals surface area contributed by atoms with Crippen LogP contribution in [0.2, 0.25) is 0 Å². The van der Waals surface area contributed by atoms with Crippen molar-refractivity contribution in [2.45, 2.75) is 44.7 Å². The van der Waals surface area contributed by atoms with Gasteiger partial charge in [0.05, 0.1) is 17.2 Å². The van der Waals surface area contributed by atoms with E-state index in [1.54, 1.807) is 42.5 Å². The van der Waals surface area contributed by atoms with E-state index in [0.29, 0.717) is 24.6 Å². The predicted molar refractivity (Wildman–Crippen MR) is 177 cm³/mol. The second-order valence-electron chi connectivity index (χ2n) is 11.1. The molecule has 236 valence electrons. The molecule has 2 amide bonds. The van der Waals surface area contributed by atoms with Gasteiger partial charge in [-0.05, 0) is 60.4 Å². The minimum atomic E-state index is -4.18. The molecule has 0 saturated heterocycles. The molecule has 0 aliphatic rings. The van der Waals surface area contributed by atoms with E-state index in [9.17, 15) is 18.0 Å². The van der Waals surface area contributed by atoms with E-state index in [1.165, 1.54) is 17.0 Å². The van der Waals surface area contributed by atoms with Crippen LogP contribution in [0.3, 0.4) is 0 Å². The highest BCUT2D eigenvalue weighted by atomic mass is 32.2. The van der Waals surface area contributed by atoms with Crippen molar-refractivity contribution in [2.24, 2.45) is 5.92 Å². The molecule has 4 rings (SSSR count). The summed E-state index contributed by atoms with van der Waals surface area (Å²) in [6.45, 7) is 6.37. The molecule has 4 aromatic carbocycles. The van der Waals surface area contributed by atoms with E-state index >= 15 is 0 Å². The Balaban J connectivity index is 1.75. The number of rotatable bonds is 15. The molecule has 45 heavy (non-hydrogen) atoms. The minimum Gasteiger partial charge on any atom is -0.494 e. The van der Waals surface area contributed by atoms with Crippen molar-refractivity contribution in [3.63, 3.8) is 0 Å². The Kier molecular flexibility index (Phi) is 11.8. The van der Waals surface area contributed by atoms with Crippen LogP contribution < -0.4 is 14.4 Å². The maximum absolute atomic E-state index is 14.4. The highest BCUT2D eigenvalue weighted by Crippen LogP contribution is 2.26. The number of nitrogens with zero attached hydrogens (tertiary/aromatic N) is 2. The van der Waals surface area contributed by atoms with Crippen LogP contribution in [-0.2, 0) is 32.6 Å². The summed E-state index contributed by atoms with van der Waals surface area (Å²) in [5.74, 6) is -0.0447. The molecule has 0 unspecified atom stereocenters. The SMILES string of the molecule is CCOc1ccc(S(=O)(=O)N(CC(=O)N(Cc2ccccc2)[C@@H](Cc2ccccc2)C(=O)NCC(C)C)c2ccccc2)cc1. The average molecular weight is 628 g/mol. The minimum absolute atomic E-state index is 0.0210. The van der Waals surface area contributed by atoms with Gasteiger partial charge < -0.3 is 15.0 Å². The monoisotopic (exact) mass is 627 g/mol. The van der Waals surface area contributed by atoms with Crippen LogP contribution >= 0.6 is 0 Å². The molecule has 0 aromatic heterocycles. The molecule has 0 spiro atoms. The zero-order chi connectivity index (χ0) is 32.2. The van der Waals surface area contributed by atoms with E-state index in [-0.39, 0.29) is 29.7 Å². The van der Waals surface area contributed by atoms with E-state index in [4.69, 9.17) is 4.74 Å². The first-order valence-corrected chi connectivity index (χ1v) is 16.6. The van der Waals surface area contributed by atoms with Gasteiger partial charge in [-0.1, -0.05) is 92.7 Å². The van der Waals surface area contributed by atoms with Crippen molar-refractivity contribution < 1.29 is 22.7 Å². The van der Waals surface area contributed by atoms with Crippen LogP contribution in [0.15, 0.2) is 120 Å². The number of carbonyl (C=O) groups excluding carboxylic acids is 2. The van der Waals surface area contributed by atoms with Crippen molar-refractivity contribution in [3.05, 3.63) is 126 Å². The summed E-state index contributed by atoms with van der Waals surface area (Å²) in [7, 11) is -4.18. The van der Waals surface area contributed by atoms with Crippen LogP contribution in [0.1, 0.15) is 31.9 Å². The van der Waals surface area contributed by atoms with Crippen molar-refractivity contribution in [2.75, 3.05) is 24.0 Å². The highest BCUT2D eigenvalue weighted by molar-refractivity contribution is 7.92. The van der Waals surface area contributed by atoms with Gasteiger partial charge >= 0.3 is 0 Å². The summed E-state index contributed by atoms with van der Waals surface area (Å²) < 4.78 is 34.9. The number of hydrogen-bond acceptors (Lipinski definition) is 5. The fourth-order valence-corrected chi connectivity index (χ4v) is 6.30. The maximum Gasteiger partial charge on any atom is 0.264 e. The molecule has 0 fully saturated rings. The van der Waals surface area contributed by atoms with Crippen LogP contribution in [0.25, 0.3) is 0 Å². The van der Waals surface area contributed by atoms with Gasteiger partial charge in [-0.25, -0.2) is 8.42 Å². The summed E-state index contributed by atoms with van der Waals surface area (Å²) in [6, 6.07) is 32.7. The van der Waals surface area contributed by atoms with Crippen LogP contribution in [0.4, 0.5) is 5.69 Å². The third-order valence-electron chi connectivity index (χ3n) is 7.20. The zero-order valence-corrected chi connectivity index (χ0v) is 26.8. The Bertz CT molecular complexity index is 1610. The number of anilines is 1. The number of sulfonamides is 1. The van der Waals surface area contributed by atoms with Gasteiger partial charge in [-0.2, -0.15) is 0 Å². The van der Waals surface area contributed by atoms with Crippen LogP contribution in [0, 0.1) is 5.92 Å². The lowest BCUT2D eigenvalue weighted by Crippen LogP contribution is -2.53. The Morgan fingerprint density at radius 1 is 0.778 bits per heavy atom. The van der Waals surface area contributed by atoms with Gasteiger partial charge in [0.1, 0.15) is 18.3 Å². The zero-order valence-electron chi connectivity index (χ0n) is 26.0. The fraction of sp³-hybridized carbons (Fsp3) is 0.278. The number of amides is 2. The molecule has 0 aliphatic heterocycles. The molecule has 4 aromatic rings. The molecule has 0 radical (unpaired) electrons. The molecule has 0 bridgehead atoms. The van der Waals surface area contributed by atoms with Gasteiger partial charge in [0.25, 0.3) is 10.0 Å². The summed E-state index contributed by atoms with van der Waals surface area (Å²) in [4.78, 5) is 29.8. The molecular weight excluding hydrogens is 586 g/mol. The molecule has 1 N–H and O–H groups in total. The van der Waals surface area contributed by atoms with Gasteiger partial charge in [0, 0.05) is 19.5 Å². The topological polar surface area (TPSA) is 96.0 Å². The molecular formula is C36H41N3O5S. The van der Waals surface area contributed by atoms with Crippen molar-refractivity contribution >= 4 is 27.5 Å². The number of carbonyl (C=O) groups is 2. The number of nitrogens with one attached hydrogen (secondary N) is 1. The number of ether oxygens (including phenoxy) is 1. The van der Waals surface area contributed by atoms with Crippen molar-refractivity contribution in [1.82, 2.24) is 10.2 Å². The van der Waals surface area contributed by atoms with E-state index in [0.717, 1.165) is 15.4 Å². The molecule has 1 atom stereocenters. The fourth-order valence-electron chi connectivity index (χ4n) is 4.88. The predicted octanol–water partition coefficient (Wildman–Crippen LogP) is 5.69. The van der Waals surface area contributed by atoms with Gasteiger partial charge in [-0.3, -0.25) is 13.9 Å². The highest BCUT2D eigenvalue weighted by Gasteiger charge is 2.34. The van der Waals surface area contributed by atoms with Gasteiger partial charge in [-0.15, -0.1) is 0 Å². The lowest BCUT2D eigenvalue weighted by atomic mass is 10.0. The Morgan fingerprint density at radius 2 is 1.33 bits per heavy atom. The second-order valence-corrected chi connectivity index (χ2v) is 13.0. The number of para-hydroxylation sites is 1. The Labute approximate surface area is 266 Å². The summed E-state index contributed by atoms with van der Waals surface area (Å²) in [5, 5.41) is 3.00. The van der Waals surface area contributed by atoms with Gasteiger partial charge in [0.15, 0.2) is 0 Å². The van der Waals surface area contributed by atoms with E-state index in [1.807, 2.05) is 81.4 Å². The standard InChI is InChI=1S/C36H41N3O5S/c1-4-44-32-20-22-33(23-21-32)45(42,43)39(31-18-12-7-13-19-31)27-35(40)38(26-30-16-10-6-11-17-30)34(36(41)37-25-28(2)3)24-29-14-8-5-9-15-29/h5-23,28,34H,4,24-27H2,1-3H3,(H,37,41)/t34-/m0/s1. The first-order valence-electron chi connectivity index (χ1n) is 15.1. The lowest BCUT2D eigenvalue weighted by molar-refractivity contribution is -0.140. The summed E-state index contributed by atoms with van der Waals surface area (Å²) >= 11 is 0. The summed E-state index contributed by atoms with van der Waals surface area (Å²) in [6.07, 6.45) is 0.264. The average Bonchev–Trinajstić information content (AvgIpc) is 3.05. The smallest absolute Gasteiger partial charge is 0.264 e. The molecule has 9 heteroatoms. The quantitative estimate of drug-likeness (QED) is 0.183. The molecule has 8 nitrogen and oxygen atoms in total. The number of benzene rings is 4. The summed E-state index contributed by atoms with van der Waals surface area (Å²) in [5.41, 5.74) is 2.04. The van der Waals surface area contributed by atoms with Crippen molar-refractivity contribution in [1.29, 1.82) is 0 Å². The molecule has 0 aliphatic carbocycles.